The van der Waals surface area contributed by atoms with E-state index in [1.54, 1.807) is 0 Å². The third-order valence-electron chi connectivity index (χ3n) is 3.95. The monoisotopic (exact) mass is 494 g/mol. The Morgan fingerprint density at radius 3 is 1.81 bits per heavy atom. The molecular weight excluding hydrogens is 464 g/mol. The standard InChI is InChI=1S/C16H30N8O6S2/c17-7(4-11(18)25)12(26)22-8(2-1-3-21-16(19)20)13(27)23-9(5-31)14(28)24-10(6-32)15(29)30/h7-10,31-32H,1-6,17H2,(H2,18,25)(H,22,26)(H,23,27)(H,24,28)(H,29,30)(H4,19,20,21). The largest absolute Gasteiger partial charge is 0.480 e. The van der Waals surface area contributed by atoms with Crippen molar-refractivity contribution >= 4 is 60.8 Å². The van der Waals surface area contributed by atoms with Crippen LogP contribution in [0.3, 0.4) is 0 Å². The first kappa shape index (κ1) is 29.3. The molecule has 14 nitrogen and oxygen atoms in total. The number of hydrogen-bond acceptors (Lipinski definition) is 9. The molecule has 32 heavy (non-hydrogen) atoms. The van der Waals surface area contributed by atoms with Crippen molar-refractivity contribution in [2.24, 2.45) is 27.9 Å². The molecule has 4 atom stereocenters. The lowest BCUT2D eigenvalue weighted by Crippen LogP contribution is -2.58. The summed E-state index contributed by atoms with van der Waals surface area (Å²) in [5, 5.41) is 16.0. The minimum Gasteiger partial charge on any atom is -0.480 e. The van der Waals surface area contributed by atoms with E-state index in [0.29, 0.717) is 0 Å². The van der Waals surface area contributed by atoms with Crippen LogP contribution in [-0.4, -0.2) is 82.9 Å². The molecule has 0 spiro atoms. The SMILES string of the molecule is NC(=O)CC(N)C(=O)NC(CCCN=C(N)N)C(=O)NC(CS)C(=O)NC(CS)C(=O)O. The Labute approximate surface area is 195 Å². The van der Waals surface area contributed by atoms with Crippen LogP contribution in [0, 0.1) is 0 Å². The summed E-state index contributed by atoms with van der Waals surface area (Å²) in [6, 6.07) is -4.92. The topological polar surface area (TPSA) is 258 Å². The van der Waals surface area contributed by atoms with E-state index in [2.05, 4.69) is 46.2 Å². The highest BCUT2D eigenvalue weighted by atomic mass is 32.1. The van der Waals surface area contributed by atoms with Crippen LogP contribution < -0.4 is 38.9 Å². The van der Waals surface area contributed by atoms with Gasteiger partial charge in [-0.3, -0.25) is 24.2 Å². The van der Waals surface area contributed by atoms with Crippen molar-refractivity contribution in [1.29, 1.82) is 0 Å². The van der Waals surface area contributed by atoms with Gasteiger partial charge in [0.2, 0.25) is 23.6 Å². The van der Waals surface area contributed by atoms with Gasteiger partial charge in [0.15, 0.2) is 5.96 Å². The smallest absolute Gasteiger partial charge is 0.327 e. The molecule has 0 heterocycles. The Balaban J connectivity index is 5.29. The number of thiol groups is 2. The summed E-state index contributed by atoms with van der Waals surface area (Å²) in [5.74, 6) is -4.95. The van der Waals surface area contributed by atoms with E-state index in [9.17, 15) is 24.0 Å². The van der Waals surface area contributed by atoms with Crippen LogP contribution in [0.15, 0.2) is 4.99 Å². The van der Waals surface area contributed by atoms with Crippen LogP contribution >= 0.6 is 25.3 Å². The van der Waals surface area contributed by atoms with E-state index in [-0.39, 0.29) is 36.9 Å². The van der Waals surface area contributed by atoms with E-state index < -0.39 is 60.2 Å². The highest BCUT2D eigenvalue weighted by Crippen LogP contribution is 2.03. The number of aliphatic carboxylic acids is 1. The fourth-order valence-corrected chi connectivity index (χ4v) is 2.79. The average Bonchev–Trinajstić information content (AvgIpc) is 2.70. The molecule has 0 radical (unpaired) electrons. The molecule has 0 aliphatic rings. The van der Waals surface area contributed by atoms with Gasteiger partial charge in [0.1, 0.15) is 18.1 Å². The number of carbonyl (C=O) groups excluding carboxylic acids is 4. The number of primary amides is 1. The number of nitrogens with two attached hydrogens (primary N) is 4. The first-order valence-electron chi connectivity index (χ1n) is 9.37. The van der Waals surface area contributed by atoms with Crippen LogP contribution in [0.2, 0.25) is 0 Å². The average molecular weight is 495 g/mol. The third kappa shape index (κ3) is 11.6. The Kier molecular flexibility index (Phi) is 13.9. The number of nitrogens with one attached hydrogen (secondary N) is 3. The van der Waals surface area contributed by atoms with Gasteiger partial charge in [-0.1, -0.05) is 0 Å². The molecule has 0 fully saturated rings. The molecule has 0 aromatic heterocycles. The summed E-state index contributed by atoms with van der Waals surface area (Å²) in [6.07, 6.45) is -0.0943. The van der Waals surface area contributed by atoms with Gasteiger partial charge in [-0.25, -0.2) is 4.79 Å². The second kappa shape index (κ2) is 15.1. The molecular formula is C16H30N8O6S2. The lowest BCUT2D eigenvalue weighted by Gasteiger charge is -2.24. The Bertz CT molecular complexity index is 719. The third-order valence-corrected chi connectivity index (χ3v) is 4.68. The van der Waals surface area contributed by atoms with E-state index in [1.807, 2.05) is 0 Å². The van der Waals surface area contributed by atoms with E-state index in [1.165, 1.54) is 0 Å². The Hall–Kier alpha value is -2.72. The second-order valence-electron chi connectivity index (χ2n) is 6.61. The number of carboxylic acids is 1. The molecule has 0 aliphatic heterocycles. The van der Waals surface area contributed by atoms with Crippen LogP contribution in [-0.2, 0) is 24.0 Å². The van der Waals surface area contributed by atoms with Gasteiger partial charge in [-0.15, -0.1) is 0 Å². The van der Waals surface area contributed by atoms with Crippen molar-refractivity contribution in [2.45, 2.75) is 43.4 Å². The zero-order valence-corrected chi connectivity index (χ0v) is 19.0. The van der Waals surface area contributed by atoms with Gasteiger partial charge in [0.05, 0.1) is 12.5 Å². The zero-order chi connectivity index (χ0) is 24.8. The number of aliphatic imine (C=N–C) groups is 1. The van der Waals surface area contributed by atoms with Crippen molar-refractivity contribution in [3.63, 3.8) is 0 Å². The van der Waals surface area contributed by atoms with Crippen LogP contribution in [0.25, 0.3) is 0 Å². The molecule has 4 amide bonds. The fraction of sp³-hybridized carbons (Fsp3) is 0.625. The zero-order valence-electron chi connectivity index (χ0n) is 17.2. The summed E-state index contributed by atoms with van der Waals surface area (Å²) in [6.45, 7) is 0.161. The quantitative estimate of drug-likeness (QED) is 0.0455. The van der Waals surface area contributed by atoms with Gasteiger partial charge in [0.25, 0.3) is 0 Å². The molecule has 4 unspecified atom stereocenters. The summed E-state index contributed by atoms with van der Waals surface area (Å²) in [5.41, 5.74) is 21.1. The molecule has 0 bridgehead atoms. The van der Waals surface area contributed by atoms with Crippen LogP contribution in [0.5, 0.6) is 0 Å². The molecule has 0 saturated carbocycles. The van der Waals surface area contributed by atoms with Crippen LogP contribution in [0.1, 0.15) is 19.3 Å². The molecule has 182 valence electrons. The number of guanidine groups is 1. The van der Waals surface area contributed by atoms with Crippen LogP contribution in [0.4, 0.5) is 0 Å². The molecule has 0 aliphatic carbocycles. The molecule has 12 N–H and O–H groups in total. The first-order valence-corrected chi connectivity index (χ1v) is 10.6. The van der Waals surface area contributed by atoms with Gasteiger partial charge in [-0.2, -0.15) is 25.3 Å². The van der Waals surface area contributed by atoms with Crippen molar-refractivity contribution in [1.82, 2.24) is 16.0 Å². The number of amides is 4. The number of carboxylic acid groups (broad SMARTS) is 1. The lowest BCUT2D eigenvalue weighted by atomic mass is 10.1. The number of nitrogens with zero attached hydrogens (tertiary/aromatic N) is 1. The summed E-state index contributed by atoms with van der Waals surface area (Å²) in [4.78, 5) is 63.1. The molecule has 0 aromatic carbocycles. The minimum absolute atomic E-state index is 0.0624. The summed E-state index contributed by atoms with van der Waals surface area (Å²) >= 11 is 7.85. The van der Waals surface area contributed by atoms with Gasteiger partial charge >= 0.3 is 5.97 Å². The fourth-order valence-electron chi connectivity index (χ4n) is 2.28. The van der Waals surface area contributed by atoms with E-state index >= 15 is 0 Å². The molecule has 16 heteroatoms. The van der Waals surface area contributed by atoms with Gasteiger partial charge < -0.3 is 44.0 Å². The summed E-state index contributed by atoms with van der Waals surface area (Å²) in [7, 11) is 0. The Morgan fingerprint density at radius 1 is 0.844 bits per heavy atom. The molecule has 0 saturated heterocycles. The lowest BCUT2D eigenvalue weighted by molar-refractivity contribution is -0.141. The maximum absolute atomic E-state index is 12.7. The molecule has 0 aromatic rings. The first-order chi connectivity index (χ1) is 14.9. The highest BCUT2D eigenvalue weighted by Gasteiger charge is 2.29. The second-order valence-corrected chi connectivity index (χ2v) is 7.34. The maximum atomic E-state index is 12.7. The summed E-state index contributed by atoms with van der Waals surface area (Å²) < 4.78 is 0. The van der Waals surface area contributed by atoms with Crippen molar-refractivity contribution in [3.05, 3.63) is 0 Å². The van der Waals surface area contributed by atoms with E-state index in [4.69, 9.17) is 28.0 Å². The normalized spacial score (nSPS) is 14.2. The van der Waals surface area contributed by atoms with Crippen molar-refractivity contribution < 1.29 is 29.1 Å². The van der Waals surface area contributed by atoms with Crippen molar-refractivity contribution in [2.75, 3.05) is 18.1 Å². The number of carbonyl (C=O) groups is 5. The highest BCUT2D eigenvalue weighted by molar-refractivity contribution is 7.80. The predicted octanol–water partition coefficient (Wildman–Crippen LogP) is -4.36. The number of rotatable bonds is 15. The van der Waals surface area contributed by atoms with Gasteiger partial charge in [-0.05, 0) is 12.8 Å². The number of hydrogen-bond donors (Lipinski definition) is 10. The maximum Gasteiger partial charge on any atom is 0.327 e. The predicted molar refractivity (Wildman–Crippen MR) is 123 cm³/mol. The van der Waals surface area contributed by atoms with Crippen molar-refractivity contribution in [3.8, 4) is 0 Å². The minimum atomic E-state index is -1.30. The molecule has 0 rings (SSSR count). The van der Waals surface area contributed by atoms with E-state index in [0.717, 1.165) is 0 Å². The van der Waals surface area contributed by atoms with Gasteiger partial charge in [0, 0.05) is 18.1 Å². The Morgan fingerprint density at radius 2 is 1.34 bits per heavy atom.